The molecule has 2 fully saturated rings. The van der Waals surface area contributed by atoms with Crippen molar-refractivity contribution in [1.29, 1.82) is 0 Å². The van der Waals surface area contributed by atoms with Crippen LogP contribution in [0.1, 0.15) is 24.0 Å². The molecule has 0 aromatic heterocycles. The first-order chi connectivity index (χ1) is 13.8. The molecule has 9 heteroatoms. The molecule has 2 N–H and O–H groups in total. The number of amidine groups is 1. The van der Waals surface area contributed by atoms with E-state index in [1.807, 2.05) is 6.08 Å². The number of aliphatic imine (C=N–C) groups is 1. The molecule has 3 rings (SSSR count). The second kappa shape index (κ2) is 8.93. The van der Waals surface area contributed by atoms with Gasteiger partial charge in [0.2, 0.25) is 0 Å². The summed E-state index contributed by atoms with van der Waals surface area (Å²) in [6, 6.07) is 3.09. The first-order valence-electron chi connectivity index (χ1n) is 9.06. The van der Waals surface area contributed by atoms with Gasteiger partial charge in [0.25, 0.3) is 5.24 Å². The van der Waals surface area contributed by atoms with Gasteiger partial charge in [0.15, 0.2) is 0 Å². The highest BCUT2D eigenvalue weighted by Crippen LogP contribution is 2.34. The normalized spacial score (nSPS) is 21.5. The van der Waals surface area contributed by atoms with Crippen LogP contribution in [0.2, 0.25) is 0 Å². The van der Waals surface area contributed by atoms with Crippen molar-refractivity contribution in [3.63, 3.8) is 0 Å². The summed E-state index contributed by atoms with van der Waals surface area (Å²) in [4.78, 5) is 18.7. The van der Waals surface area contributed by atoms with E-state index in [1.165, 1.54) is 6.07 Å². The lowest BCUT2D eigenvalue weighted by Gasteiger charge is -2.31. The van der Waals surface area contributed by atoms with E-state index in [0.29, 0.717) is 17.9 Å². The number of rotatable bonds is 4. The van der Waals surface area contributed by atoms with Crippen LogP contribution in [0.25, 0.3) is 0 Å². The molecule has 0 bridgehead atoms. The van der Waals surface area contributed by atoms with Gasteiger partial charge in [0.05, 0.1) is 10.5 Å². The summed E-state index contributed by atoms with van der Waals surface area (Å²) >= 11 is 1.10. The van der Waals surface area contributed by atoms with E-state index in [9.17, 15) is 23.1 Å². The molecule has 154 valence electrons. The molecule has 0 atom stereocenters. The second-order valence-electron chi connectivity index (χ2n) is 6.87. The number of carbonyl (C=O) groups is 1. The number of likely N-dealkylation sites (tertiary alicyclic amines) is 1. The summed E-state index contributed by atoms with van der Waals surface area (Å²) in [6.45, 7) is 2.05. The highest BCUT2D eigenvalue weighted by atomic mass is 32.2. The van der Waals surface area contributed by atoms with Crippen LogP contribution in [0.15, 0.2) is 34.2 Å². The Hall–Kier alpha value is -2.44. The van der Waals surface area contributed by atoms with Crippen LogP contribution in [0.5, 0.6) is 5.75 Å². The summed E-state index contributed by atoms with van der Waals surface area (Å²) in [5.74, 6) is 2.84. The van der Waals surface area contributed by atoms with Crippen LogP contribution in [-0.4, -0.2) is 40.7 Å². The average Bonchev–Trinajstić information content (AvgIpc) is 3.01. The van der Waals surface area contributed by atoms with Gasteiger partial charge in [0, 0.05) is 12.1 Å². The van der Waals surface area contributed by atoms with Crippen LogP contribution in [0, 0.1) is 18.3 Å². The number of nitrogens with zero attached hydrogens (tertiary/aromatic N) is 2. The quantitative estimate of drug-likeness (QED) is 0.719. The topological polar surface area (TPSA) is 64.9 Å². The molecule has 2 aliphatic heterocycles. The largest absolute Gasteiger partial charge is 0.508 e. The Labute approximate surface area is 171 Å². The fourth-order valence-electron chi connectivity index (χ4n) is 3.29. The first-order valence-corrected chi connectivity index (χ1v) is 9.88. The molecule has 2 aliphatic rings. The summed E-state index contributed by atoms with van der Waals surface area (Å²) < 4.78 is 38.1. The number of alkyl halides is 3. The minimum atomic E-state index is -4.47. The van der Waals surface area contributed by atoms with Gasteiger partial charge in [-0.05, 0) is 55.7 Å². The van der Waals surface area contributed by atoms with Crippen LogP contribution < -0.4 is 5.32 Å². The number of thioether (sulfide) groups is 1. The molecule has 29 heavy (non-hydrogen) atoms. The van der Waals surface area contributed by atoms with Gasteiger partial charge in [-0.3, -0.25) is 14.7 Å². The Bertz CT molecular complexity index is 882. The molecule has 0 unspecified atom stereocenters. The summed E-state index contributed by atoms with van der Waals surface area (Å²) in [5.41, 5.74) is -0.386. The van der Waals surface area contributed by atoms with Crippen LogP contribution in [0.3, 0.4) is 0 Å². The Balaban J connectivity index is 1.58. The maximum Gasteiger partial charge on any atom is 0.416 e. The van der Waals surface area contributed by atoms with Crippen LogP contribution in [0.4, 0.5) is 18.0 Å². The number of allylic oxidation sites excluding steroid dienone is 1. The van der Waals surface area contributed by atoms with E-state index in [2.05, 4.69) is 21.1 Å². The van der Waals surface area contributed by atoms with Crippen molar-refractivity contribution in [3.8, 4) is 18.1 Å². The number of amides is 1. The summed E-state index contributed by atoms with van der Waals surface area (Å²) in [7, 11) is 0. The zero-order valence-corrected chi connectivity index (χ0v) is 16.3. The number of benzene rings is 1. The summed E-state index contributed by atoms with van der Waals surface area (Å²) in [5, 5.41) is 12.5. The Morgan fingerprint density at radius 3 is 2.72 bits per heavy atom. The Kier molecular flexibility index (Phi) is 6.55. The number of hydrogen-bond donors (Lipinski definition) is 2. The fraction of sp³-hybridized carbons (Fsp3) is 0.400. The second-order valence-corrected chi connectivity index (χ2v) is 7.88. The number of aromatic hydroxyl groups is 1. The number of carbonyl (C=O) groups excluding carboxylic acids is 1. The maximum absolute atomic E-state index is 12.7. The number of terminal acetylenes is 1. The van der Waals surface area contributed by atoms with Gasteiger partial charge >= 0.3 is 6.18 Å². The number of nitrogens with one attached hydrogen (secondary N) is 1. The van der Waals surface area contributed by atoms with Crippen LogP contribution in [-0.2, 0) is 12.7 Å². The van der Waals surface area contributed by atoms with Crippen molar-refractivity contribution < 1.29 is 23.1 Å². The Morgan fingerprint density at radius 1 is 1.38 bits per heavy atom. The molecule has 1 aromatic carbocycles. The maximum atomic E-state index is 12.7. The highest BCUT2D eigenvalue weighted by molar-refractivity contribution is 8.18. The number of piperidine rings is 1. The lowest BCUT2D eigenvalue weighted by Crippen LogP contribution is -2.33. The summed E-state index contributed by atoms with van der Waals surface area (Å²) in [6.07, 6.45) is 4.44. The smallest absolute Gasteiger partial charge is 0.416 e. The van der Waals surface area contributed by atoms with Gasteiger partial charge in [-0.15, -0.1) is 6.42 Å². The van der Waals surface area contributed by atoms with E-state index >= 15 is 0 Å². The molecular formula is C20H20F3N3O2S. The molecule has 0 radical (unpaired) electrons. The zero-order chi connectivity index (χ0) is 21.0. The fourth-order valence-corrected chi connectivity index (χ4v) is 4.11. The average molecular weight is 423 g/mol. The third-order valence-electron chi connectivity index (χ3n) is 4.81. The van der Waals surface area contributed by atoms with Crippen molar-refractivity contribution in [2.45, 2.75) is 25.6 Å². The molecule has 5 nitrogen and oxygen atoms in total. The minimum absolute atomic E-state index is 0.178. The Morgan fingerprint density at radius 2 is 2.10 bits per heavy atom. The third kappa shape index (κ3) is 5.55. The predicted molar refractivity (Wildman–Crippen MR) is 106 cm³/mol. The SMILES string of the molecule is C#CCN=C1NC(=O)SC1=CC1CCN(Cc2ccc(C(F)(F)F)cc2O)CC1. The number of phenols is 1. The van der Waals surface area contributed by atoms with Crippen molar-refractivity contribution in [2.75, 3.05) is 19.6 Å². The van der Waals surface area contributed by atoms with Gasteiger partial charge < -0.3 is 10.4 Å². The monoisotopic (exact) mass is 423 g/mol. The van der Waals surface area contributed by atoms with E-state index < -0.39 is 11.7 Å². The highest BCUT2D eigenvalue weighted by Gasteiger charge is 2.31. The van der Waals surface area contributed by atoms with Gasteiger partial charge in [-0.25, -0.2) is 0 Å². The minimum Gasteiger partial charge on any atom is -0.508 e. The predicted octanol–water partition coefficient (Wildman–Crippen LogP) is 4.00. The van der Waals surface area contributed by atoms with Crippen LogP contribution >= 0.6 is 11.8 Å². The number of hydrogen-bond acceptors (Lipinski definition) is 5. The van der Waals surface area contributed by atoms with Crippen molar-refractivity contribution in [2.24, 2.45) is 10.9 Å². The first kappa shape index (κ1) is 21.3. The van der Waals surface area contributed by atoms with Crippen molar-refractivity contribution in [1.82, 2.24) is 10.2 Å². The molecule has 2 heterocycles. The third-order valence-corrected chi connectivity index (χ3v) is 5.65. The van der Waals surface area contributed by atoms with E-state index in [4.69, 9.17) is 6.42 Å². The molecule has 0 spiro atoms. The van der Waals surface area contributed by atoms with Crippen molar-refractivity contribution >= 4 is 22.8 Å². The van der Waals surface area contributed by atoms with E-state index in [0.717, 1.165) is 54.7 Å². The van der Waals surface area contributed by atoms with E-state index in [1.54, 1.807) is 0 Å². The van der Waals surface area contributed by atoms with Gasteiger partial charge in [-0.1, -0.05) is 18.1 Å². The van der Waals surface area contributed by atoms with Crippen molar-refractivity contribution in [3.05, 3.63) is 40.3 Å². The lowest BCUT2D eigenvalue weighted by molar-refractivity contribution is -0.137. The molecular weight excluding hydrogens is 403 g/mol. The standard InChI is InChI=1S/C20H20F3N3O2S/c1-2-7-24-18-17(29-19(28)25-18)10-13-5-8-26(9-6-13)12-14-3-4-15(11-16(14)27)20(21,22)23/h1,3-4,10-11,13,27H,5-9,12H2,(H,24,25,28). The molecule has 0 saturated carbocycles. The molecule has 1 amide bonds. The van der Waals surface area contributed by atoms with Gasteiger partial charge in [0.1, 0.15) is 18.1 Å². The molecule has 0 aliphatic carbocycles. The zero-order valence-electron chi connectivity index (χ0n) is 15.5. The van der Waals surface area contributed by atoms with E-state index in [-0.39, 0.29) is 23.5 Å². The molecule has 1 aromatic rings. The van der Waals surface area contributed by atoms with Gasteiger partial charge in [-0.2, -0.15) is 13.2 Å². The number of halogens is 3. The molecule has 2 saturated heterocycles. The number of phenolic OH excluding ortho intramolecular Hbond substituents is 1. The lowest BCUT2D eigenvalue weighted by atomic mass is 9.95.